The third-order valence-electron chi connectivity index (χ3n) is 3.73. The zero-order valence-electron chi connectivity index (χ0n) is 11.5. The van der Waals surface area contributed by atoms with Gasteiger partial charge in [-0.2, -0.15) is 10.4 Å². The van der Waals surface area contributed by atoms with Crippen LogP contribution in [0.2, 0.25) is 0 Å². The molecule has 21 heavy (non-hydrogen) atoms. The molecule has 0 bridgehead atoms. The number of hydrogen-bond acceptors (Lipinski definition) is 5. The van der Waals surface area contributed by atoms with E-state index in [1.807, 2.05) is 4.68 Å². The summed E-state index contributed by atoms with van der Waals surface area (Å²) >= 11 is 0. The van der Waals surface area contributed by atoms with Crippen molar-refractivity contribution in [3.63, 3.8) is 0 Å². The highest BCUT2D eigenvalue weighted by Crippen LogP contribution is 2.28. The summed E-state index contributed by atoms with van der Waals surface area (Å²) in [7, 11) is 0. The van der Waals surface area contributed by atoms with E-state index in [1.165, 1.54) is 12.1 Å². The van der Waals surface area contributed by atoms with Crippen molar-refractivity contribution in [1.29, 1.82) is 5.26 Å². The van der Waals surface area contributed by atoms with Crippen molar-refractivity contribution in [2.75, 3.05) is 6.54 Å². The lowest BCUT2D eigenvalue weighted by atomic mass is 10.2. The first-order chi connectivity index (χ1) is 10.2. The number of aromatic nitrogens is 2. The molecule has 1 saturated carbocycles. The van der Waals surface area contributed by atoms with Crippen LogP contribution >= 0.6 is 0 Å². The molecule has 0 unspecified atom stereocenters. The number of fused-ring (bicyclic) bond motifs is 1. The SMILES string of the molecule is N#CCCN(Cn1ncc2cc([N+](=O)[O-])ccc21)C1CC1. The summed E-state index contributed by atoms with van der Waals surface area (Å²) in [6.45, 7) is 1.35. The maximum Gasteiger partial charge on any atom is 0.270 e. The van der Waals surface area contributed by atoms with Crippen LogP contribution in [0.15, 0.2) is 24.4 Å². The average Bonchev–Trinajstić information content (AvgIpc) is 3.25. The topological polar surface area (TPSA) is 88.0 Å². The molecule has 0 amide bonds. The predicted molar refractivity (Wildman–Crippen MR) is 76.3 cm³/mol. The van der Waals surface area contributed by atoms with Crippen molar-refractivity contribution < 1.29 is 4.92 Å². The molecule has 0 spiro atoms. The Morgan fingerprint density at radius 1 is 1.52 bits per heavy atom. The van der Waals surface area contributed by atoms with E-state index in [0.717, 1.165) is 30.3 Å². The summed E-state index contributed by atoms with van der Waals surface area (Å²) < 4.78 is 1.84. The largest absolute Gasteiger partial charge is 0.280 e. The second kappa shape index (κ2) is 5.50. The molecule has 3 rings (SSSR count). The molecule has 1 aromatic heterocycles. The molecular formula is C14H15N5O2. The second-order valence-electron chi connectivity index (χ2n) is 5.24. The fraction of sp³-hybridized carbons (Fsp3) is 0.429. The zero-order chi connectivity index (χ0) is 14.8. The fourth-order valence-corrected chi connectivity index (χ4v) is 2.47. The van der Waals surface area contributed by atoms with Gasteiger partial charge in [0, 0.05) is 36.5 Å². The van der Waals surface area contributed by atoms with E-state index in [2.05, 4.69) is 16.1 Å². The standard InChI is InChI=1S/C14H15N5O2/c15-6-1-7-17(12-2-3-12)10-18-14-5-4-13(19(20)21)8-11(14)9-16-18/h4-5,8-9,12H,1-3,7,10H2. The molecule has 1 aliphatic carbocycles. The van der Waals surface area contributed by atoms with Crippen LogP contribution in [0.3, 0.4) is 0 Å². The number of nitro benzene ring substituents is 1. The summed E-state index contributed by atoms with van der Waals surface area (Å²) in [5.74, 6) is 0. The molecule has 0 aliphatic heterocycles. The lowest BCUT2D eigenvalue weighted by molar-refractivity contribution is -0.384. The quantitative estimate of drug-likeness (QED) is 0.600. The average molecular weight is 285 g/mol. The Morgan fingerprint density at radius 2 is 2.33 bits per heavy atom. The highest BCUT2D eigenvalue weighted by molar-refractivity contribution is 5.81. The number of benzene rings is 1. The van der Waals surface area contributed by atoms with Gasteiger partial charge in [0.15, 0.2) is 0 Å². The molecule has 1 aromatic carbocycles. The summed E-state index contributed by atoms with van der Waals surface area (Å²) in [6.07, 6.45) is 4.48. The Kier molecular flexibility index (Phi) is 3.54. The van der Waals surface area contributed by atoms with Crippen molar-refractivity contribution in [2.24, 2.45) is 0 Å². The minimum atomic E-state index is -0.403. The van der Waals surface area contributed by atoms with E-state index in [-0.39, 0.29) is 5.69 Å². The fourth-order valence-electron chi connectivity index (χ4n) is 2.47. The van der Waals surface area contributed by atoms with Gasteiger partial charge in [-0.3, -0.25) is 19.7 Å². The monoisotopic (exact) mass is 285 g/mol. The Morgan fingerprint density at radius 3 is 3.00 bits per heavy atom. The lowest BCUT2D eigenvalue weighted by Gasteiger charge is -2.20. The molecule has 1 aliphatic rings. The molecule has 0 saturated heterocycles. The number of nitrogens with zero attached hydrogens (tertiary/aromatic N) is 5. The molecule has 1 heterocycles. The van der Waals surface area contributed by atoms with E-state index in [1.54, 1.807) is 12.3 Å². The molecule has 0 radical (unpaired) electrons. The highest BCUT2D eigenvalue weighted by atomic mass is 16.6. The number of nitriles is 1. The normalized spacial score (nSPS) is 14.5. The minimum absolute atomic E-state index is 0.0746. The van der Waals surface area contributed by atoms with Crippen LogP contribution in [-0.2, 0) is 6.67 Å². The first-order valence-corrected chi connectivity index (χ1v) is 6.90. The Balaban J connectivity index is 1.83. The van der Waals surface area contributed by atoms with Crippen molar-refractivity contribution in [1.82, 2.24) is 14.7 Å². The van der Waals surface area contributed by atoms with Crippen LogP contribution in [0.5, 0.6) is 0 Å². The molecule has 108 valence electrons. The maximum absolute atomic E-state index is 10.8. The summed E-state index contributed by atoms with van der Waals surface area (Å²) in [5.41, 5.74) is 0.953. The predicted octanol–water partition coefficient (Wildman–Crippen LogP) is 2.28. The van der Waals surface area contributed by atoms with Crippen LogP contribution in [0, 0.1) is 21.4 Å². The van der Waals surface area contributed by atoms with Gasteiger partial charge in [0.1, 0.15) is 0 Å². The van der Waals surface area contributed by atoms with Crippen LogP contribution in [-0.4, -0.2) is 32.2 Å². The Labute approximate surface area is 121 Å². The maximum atomic E-state index is 10.8. The van der Waals surface area contributed by atoms with Crippen LogP contribution in [0.4, 0.5) is 5.69 Å². The van der Waals surface area contributed by atoms with Crippen molar-refractivity contribution in [2.45, 2.75) is 32.0 Å². The number of rotatable bonds is 6. The number of hydrogen-bond donors (Lipinski definition) is 0. The van der Waals surface area contributed by atoms with Gasteiger partial charge in [0.05, 0.1) is 29.4 Å². The Hall–Kier alpha value is -2.46. The minimum Gasteiger partial charge on any atom is -0.280 e. The van der Waals surface area contributed by atoms with E-state index in [0.29, 0.717) is 19.1 Å². The van der Waals surface area contributed by atoms with E-state index in [4.69, 9.17) is 5.26 Å². The van der Waals surface area contributed by atoms with Gasteiger partial charge in [-0.05, 0) is 18.9 Å². The first-order valence-electron chi connectivity index (χ1n) is 6.90. The molecule has 7 heteroatoms. The van der Waals surface area contributed by atoms with Crippen molar-refractivity contribution in [3.05, 3.63) is 34.5 Å². The van der Waals surface area contributed by atoms with Gasteiger partial charge < -0.3 is 0 Å². The van der Waals surface area contributed by atoms with Crippen molar-refractivity contribution in [3.8, 4) is 6.07 Å². The summed E-state index contributed by atoms with van der Waals surface area (Å²) in [5, 5.41) is 24.6. The number of non-ortho nitro benzene ring substituents is 1. The summed E-state index contributed by atoms with van der Waals surface area (Å²) in [4.78, 5) is 12.6. The molecular weight excluding hydrogens is 270 g/mol. The molecule has 2 aromatic rings. The van der Waals surface area contributed by atoms with Crippen molar-refractivity contribution >= 4 is 16.6 Å². The third kappa shape index (κ3) is 2.85. The van der Waals surface area contributed by atoms with Gasteiger partial charge >= 0.3 is 0 Å². The van der Waals surface area contributed by atoms with Gasteiger partial charge in [0.2, 0.25) is 0 Å². The molecule has 1 fully saturated rings. The van der Waals surface area contributed by atoms with Gasteiger partial charge in [-0.25, -0.2) is 0 Å². The first kappa shape index (κ1) is 13.5. The molecule has 0 N–H and O–H groups in total. The molecule has 7 nitrogen and oxygen atoms in total. The second-order valence-corrected chi connectivity index (χ2v) is 5.24. The van der Waals surface area contributed by atoms with Gasteiger partial charge in [0.25, 0.3) is 5.69 Å². The third-order valence-corrected chi connectivity index (χ3v) is 3.73. The van der Waals surface area contributed by atoms with Crippen LogP contribution in [0.25, 0.3) is 10.9 Å². The number of nitro groups is 1. The van der Waals surface area contributed by atoms with Crippen LogP contribution < -0.4 is 0 Å². The lowest BCUT2D eigenvalue weighted by Crippen LogP contribution is -2.30. The van der Waals surface area contributed by atoms with E-state index >= 15 is 0 Å². The van der Waals surface area contributed by atoms with E-state index < -0.39 is 4.92 Å². The zero-order valence-corrected chi connectivity index (χ0v) is 11.5. The van der Waals surface area contributed by atoms with Gasteiger partial charge in [-0.15, -0.1) is 0 Å². The Bertz CT molecular complexity index is 714. The highest BCUT2D eigenvalue weighted by Gasteiger charge is 2.29. The smallest absolute Gasteiger partial charge is 0.270 e. The molecule has 0 atom stereocenters. The van der Waals surface area contributed by atoms with Gasteiger partial charge in [-0.1, -0.05) is 0 Å². The summed E-state index contributed by atoms with van der Waals surface area (Å²) in [6, 6.07) is 7.48. The van der Waals surface area contributed by atoms with E-state index in [9.17, 15) is 10.1 Å². The van der Waals surface area contributed by atoms with Crippen LogP contribution in [0.1, 0.15) is 19.3 Å².